The number of anilines is 1. The number of hydrogen-bond acceptors (Lipinski definition) is 4. The van der Waals surface area contributed by atoms with Gasteiger partial charge in [0.15, 0.2) is 5.82 Å². The molecule has 2 aromatic rings. The van der Waals surface area contributed by atoms with Crippen molar-refractivity contribution in [3.63, 3.8) is 0 Å². The van der Waals surface area contributed by atoms with Gasteiger partial charge in [0.2, 0.25) is 11.9 Å². The fourth-order valence-electron chi connectivity index (χ4n) is 2.14. The number of aromatic amines is 1. The monoisotopic (exact) mass is 257 g/mol. The summed E-state index contributed by atoms with van der Waals surface area (Å²) in [5, 5.41) is 9.57. The quantitative estimate of drug-likeness (QED) is 0.880. The number of nitrogens with zero attached hydrogens (tertiary/aromatic N) is 3. The first-order valence-corrected chi connectivity index (χ1v) is 6.32. The summed E-state index contributed by atoms with van der Waals surface area (Å²) in [6, 6.07) is 3.71. The second-order valence-corrected chi connectivity index (χ2v) is 5.12. The van der Waals surface area contributed by atoms with Crippen molar-refractivity contribution in [1.82, 2.24) is 20.2 Å². The van der Waals surface area contributed by atoms with E-state index in [1.54, 1.807) is 12.4 Å². The summed E-state index contributed by atoms with van der Waals surface area (Å²) in [5.74, 6) is 0.912. The number of nitrogens with one attached hydrogen (secondary N) is 2. The Kier molecular flexibility index (Phi) is 2.77. The molecule has 2 N–H and O–H groups in total. The predicted molar refractivity (Wildman–Crippen MR) is 70.2 cm³/mol. The van der Waals surface area contributed by atoms with E-state index >= 15 is 0 Å². The molecule has 98 valence electrons. The fraction of sp³-hybridized carbons (Fsp3) is 0.385. The highest BCUT2D eigenvalue weighted by atomic mass is 16.2. The van der Waals surface area contributed by atoms with Gasteiger partial charge in [-0.2, -0.15) is 4.98 Å². The lowest BCUT2D eigenvalue weighted by atomic mass is 9.70. The minimum absolute atomic E-state index is 0.00418. The van der Waals surface area contributed by atoms with Crippen LogP contribution in [0.5, 0.6) is 0 Å². The smallest absolute Gasteiger partial charge is 0.249 e. The summed E-state index contributed by atoms with van der Waals surface area (Å²) in [5.41, 5.74) is 0.583. The third-order valence-corrected chi connectivity index (χ3v) is 3.65. The zero-order chi connectivity index (χ0) is 13.3. The minimum atomic E-state index is -0.255. The molecule has 0 radical (unpaired) electrons. The molecule has 2 aromatic heterocycles. The second-order valence-electron chi connectivity index (χ2n) is 5.12. The molecule has 2 heterocycles. The van der Waals surface area contributed by atoms with Gasteiger partial charge in [-0.25, -0.2) is 0 Å². The van der Waals surface area contributed by atoms with Crippen LogP contribution in [0.25, 0.3) is 11.4 Å². The van der Waals surface area contributed by atoms with Gasteiger partial charge in [-0.15, -0.1) is 5.10 Å². The Balaban J connectivity index is 1.74. The van der Waals surface area contributed by atoms with Crippen molar-refractivity contribution in [3.8, 4) is 11.4 Å². The average Bonchev–Trinajstić information content (AvgIpc) is 2.85. The van der Waals surface area contributed by atoms with E-state index in [2.05, 4.69) is 25.5 Å². The molecule has 0 unspecified atom stereocenters. The van der Waals surface area contributed by atoms with Crippen LogP contribution in [0.2, 0.25) is 0 Å². The van der Waals surface area contributed by atoms with E-state index in [1.807, 2.05) is 19.1 Å². The molecule has 0 bridgehead atoms. The Morgan fingerprint density at radius 3 is 2.95 bits per heavy atom. The number of H-pyrrole nitrogens is 1. The van der Waals surface area contributed by atoms with E-state index in [0.29, 0.717) is 11.8 Å². The van der Waals surface area contributed by atoms with Gasteiger partial charge in [0.1, 0.15) is 0 Å². The number of pyridine rings is 1. The zero-order valence-electron chi connectivity index (χ0n) is 10.7. The number of rotatable bonds is 3. The number of aromatic nitrogens is 4. The van der Waals surface area contributed by atoms with Gasteiger partial charge in [-0.1, -0.05) is 13.3 Å². The van der Waals surface area contributed by atoms with Crippen molar-refractivity contribution in [3.05, 3.63) is 24.5 Å². The second kappa shape index (κ2) is 4.46. The van der Waals surface area contributed by atoms with E-state index in [0.717, 1.165) is 24.8 Å². The van der Waals surface area contributed by atoms with Crippen molar-refractivity contribution in [2.24, 2.45) is 5.41 Å². The van der Waals surface area contributed by atoms with Crippen LogP contribution in [0.15, 0.2) is 24.5 Å². The first-order valence-electron chi connectivity index (χ1n) is 6.32. The molecule has 19 heavy (non-hydrogen) atoms. The van der Waals surface area contributed by atoms with Crippen molar-refractivity contribution in [2.75, 3.05) is 5.32 Å². The Labute approximate surface area is 110 Å². The normalized spacial score (nSPS) is 16.7. The summed E-state index contributed by atoms with van der Waals surface area (Å²) >= 11 is 0. The lowest BCUT2D eigenvalue weighted by Crippen LogP contribution is -2.39. The molecule has 1 fully saturated rings. The van der Waals surface area contributed by atoms with Gasteiger partial charge < -0.3 is 0 Å². The van der Waals surface area contributed by atoms with Gasteiger partial charge >= 0.3 is 0 Å². The Bertz CT molecular complexity index is 588. The van der Waals surface area contributed by atoms with Gasteiger partial charge in [0.05, 0.1) is 0 Å². The molecule has 3 rings (SSSR count). The number of hydrogen-bond donors (Lipinski definition) is 2. The number of carbonyl (C=O) groups excluding carboxylic acids is 1. The zero-order valence-corrected chi connectivity index (χ0v) is 10.7. The molecular weight excluding hydrogens is 242 g/mol. The molecule has 6 nitrogen and oxygen atoms in total. The predicted octanol–water partition coefficient (Wildman–Crippen LogP) is 2.00. The van der Waals surface area contributed by atoms with Crippen LogP contribution in [0.1, 0.15) is 26.2 Å². The standard InChI is InChI=1S/C13H15N5O/c1-13(5-3-6-13)11(19)16-12-15-10(17-18-12)9-4-2-7-14-8-9/h2,4,7-8H,3,5-6H2,1H3,(H2,15,16,17,18,19). The Morgan fingerprint density at radius 1 is 1.47 bits per heavy atom. The van der Waals surface area contributed by atoms with Gasteiger partial charge in [0, 0.05) is 23.4 Å². The van der Waals surface area contributed by atoms with Crippen LogP contribution in [-0.4, -0.2) is 26.1 Å². The van der Waals surface area contributed by atoms with Crippen molar-refractivity contribution in [1.29, 1.82) is 0 Å². The van der Waals surface area contributed by atoms with Crippen LogP contribution >= 0.6 is 0 Å². The highest BCUT2D eigenvalue weighted by molar-refractivity contribution is 5.94. The van der Waals surface area contributed by atoms with E-state index < -0.39 is 0 Å². The topological polar surface area (TPSA) is 83.6 Å². The van der Waals surface area contributed by atoms with Crippen LogP contribution in [-0.2, 0) is 4.79 Å². The molecular formula is C13H15N5O. The Hall–Kier alpha value is -2.24. The third kappa shape index (κ3) is 2.21. The van der Waals surface area contributed by atoms with E-state index in [1.165, 1.54) is 0 Å². The molecule has 0 spiro atoms. The summed E-state index contributed by atoms with van der Waals surface area (Å²) in [4.78, 5) is 20.3. The number of amides is 1. The largest absolute Gasteiger partial charge is 0.293 e. The molecule has 1 aliphatic carbocycles. The maximum atomic E-state index is 12.0. The fourth-order valence-corrected chi connectivity index (χ4v) is 2.14. The van der Waals surface area contributed by atoms with Crippen LogP contribution in [0.4, 0.5) is 5.95 Å². The molecule has 1 aliphatic rings. The van der Waals surface area contributed by atoms with Gasteiger partial charge in [-0.05, 0) is 25.0 Å². The SMILES string of the molecule is CC1(C(=O)Nc2n[nH]c(-c3cccnc3)n2)CCC1. The maximum absolute atomic E-state index is 12.0. The van der Waals surface area contributed by atoms with Gasteiger partial charge in [-0.3, -0.25) is 20.2 Å². The summed E-state index contributed by atoms with van der Waals surface area (Å²) < 4.78 is 0. The van der Waals surface area contributed by atoms with Gasteiger partial charge in [0.25, 0.3) is 0 Å². The first kappa shape index (κ1) is 11.8. The molecule has 6 heteroatoms. The van der Waals surface area contributed by atoms with Crippen molar-refractivity contribution in [2.45, 2.75) is 26.2 Å². The summed E-state index contributed by atoms with van der Waals surface area (Å²) in [6.45, 7) is 1.97. The molecule has 1 saturated carbocycles. The summed E-state index contributed by atoms with van der Waals surface area (Å²) in [7, 11) is 0. The molecule has 0 atom stereocenters. The lowest BCUT2D eigenvalue weighted by Gasteiger charge is -2.35. The summed E-state index contributed by atoms with van der Waals surface area (Å²) in [6.07, 6.45) is 6.36. The van der Waals surface area contributed by atoms with E-state index in [4.69, 9.17) is 0 Å². The third-order valence-electron chi connectivity index (χ3n) is 3.65. The maximum Gasteiger partial charge on any atom is 0.249 e. The average molecular weight is 257 g/mol. The van der Waals surface area contributed by atoms with E-state index in [9.17, 15) is 4.79 Å². The number of carbonyl (C=O) groups is 1. The van der Waals surface area contributed by atoms with Crippen molar-refractivity contribution < 1.29 is 4.79 Å². The molecule has 0 aromatic carbocycles. The molecule has 0 saturated heterocycles. The lowest BCUT2D eigenvalue weighted by molar-refractivity contribution is -0.128. The van der Waals surface area contributed by atoms with Crippen LogP contribution in [0, 0.1) is 5.41 Å². The molecule has 1 amide bonds. The van der Waals surface area contributed by atoms with Crippen LogP contribution in [0.3, 0.4) is 0 Å². The first-order chi connectivity index (χ1) is 9.17. The Morgan fingerprint density at radius 2 is 2.32 bits per heavy atom. The van der Waals surface area contributed by atoms with E-state index in [-0.39, 0.29) is 11.3 Å². The molecule has 0 aliphatic heterocycles. The highest BCUT2D eigenvalue weighted by Crippen LogP contribution is 2.40. The van der Waals surface area contributed by atoms with Crippen molar-refractivity contribution >= 4 is 11.9 Å². The minimum Gasteiger partial charge on any atom is -0.293 e. The van der Waals surface area contributed by atoms with Crippen LogP contribution < -0.4 is 5.32 Å². The highest BCUT2D eigenvalue weighted by Gasteiger charge is 2.39.